The third-order valence-electron chi connectivity index (χ3n) is 7.02. The Morgan fingerprint density at radius 3 is 2.34 bits per heavy atom. The van der Waals surface area contributed by atoms with Gasteiger partial charge in [-0.25, -0.2) is 0 Å². The molecule has 1 saturated heterocycles. The minimum absolute atomic E-state index is 0.153. The molecule has 3 aliphatic rings. The van der Waals surface area contributed by atoms with E-state index in [0.717, 1.165) is 58.9 Å². The molecule has 2 saturated carbocycles. The molecule has 4 nitrogen and oxygen atoms in total. The minimum Gasteiger partial charge on any atom is -0.371 e. The van der Waals surface area contributed by atoms with E-state index in [0.29, 0.717) is 12.1 Å². The standard InChI is InChI=1S/C26H36BrN3OS/c1-3-29(4-2)23-16-15-19(17-22(23)27)18-24-25(31)30(21-13-9-6-10-14-21)26(32-24)28-20-11-7-5-8-12-20/h15-18,20-21H,3-14H2,1-2H3. The zero-order chi connectivity index (χ0) is 22.5. The second kappa shape index (κ2) is 11.2. The maximum atomic E-state index is 13.5. The molecule has 3 fully saturated rings. The molecule has 0 atom stereocenters. The molecule has 1 aliphatic heterocycles. The lowest BCUT2D eigenvalue weighted by atomic mass is 9.94. The van der Waals surface area contributed by atoms with Gasteiger partial charge >= 0.3 is 0 Å². The Kier molecular flexibility index (Phi) is 8.38. The Hall–Kier alpha value is -1.27. The molecule has 4 rings (SSSR count). The van der Waals surface area contributed by atoms with E-state index in [9.17, 15) is 4.79 Å². The summed E-state index contributed by atoms with van der Waals surface area (Å²) in [6.07, 6.45) is 14.2. The van der Waals surface area contributed by atoms with Crippen LogP contribution in [0.25, 0.3) is 6.08 Å². The Bertz CT molecular complexity index is 868. The molecule has 0 bridgehead atoms. The number of rotatable bonds is 6. The van der Waals surface area contributed by atoms with Gasteiger partial charge in [-0.15, -0.1) is 0 Å². The van der Waals surface area contributed by atoms with Crippen LogP contribution in [0.4, 0.5) is 5.69 Å². The third kappa shape index (κ3) is 5.44. The first-order chi connectivity index (χ1) is 15.6. The quantitative estimate of drug-likeness (QED) is 0.373. The number of carbonyl (C=O) groups excluding carboxylic acids is 1. The minimum atomic E-state index is 0.153. The maximum Gasteiger partial charge on any atom is 0.266 e. The van der Waals surface area contributed by atoms with Crippen molar-refractivity contribution in [2.75, 3.05) is 18.0 Å². The molecular formula is C26H36BrN3OS. The summed E-state index contributed by atoms with van der Waals surface area (Å²) in [7, 11) is 0. The number of hydrogen-bond acceptors (Lipinski definition) is 4. The van der Waals surface area contributed by atoms with Crippen molar-refractivity contribution >= 4 is 50.5 Å². The number of aliphatic imine (C=N–C) groups is 1. The van der Waals surface area contributed by atoms with Gasteiger partial charge in [-0.05, 0) is 91.0 Å². The van der Waals surface area contributed by atoms with Gasteiger partial charge < -0.3 is 4.90 Å². The van der Waals surface area contributed by atoms with Crippen LogP contribution in [0, 0.1) is 0 Å². The Morgan fingerprint density at radius 2 is 1.72 bits per heavy atom. The molecule has 32 heavy (non-hydrogen) atoms. The van der Waals surface area contributed by atoms with Crippen LogP contribution in [-0.2, 0) is 4.79 Å². The van der Waals surface area contributed by atoms with Gasteiger partial charge in [0.25, 0.3) is 5.91 Å². The fourth-order valence-electron chi connectivity index (χ4n) is 5.19. The summed E-state index contributed by atoms with van der Waals surface area (Å²) < 4.78 is 1.08. The maximum absolute atomic E-state index is 13.5. The monoisotopic (exact) mass is 517 g/mol. The van der Waals surface area contributed by atoms with Gasteiger partial charge in [0.2, 0.25) is 0 Å². The Labute approximate surface area is 206 Å². The Balaban J connectivity index is 1.61. The van der Waals surface area contributed by atoms with Gasteiger partial charge in [-0.3, -0.25) is 14.7 Å². The van der Waals surface area contributed by atoms with Gasteiger partial charge in [0.15, 0.2) is 5.17 Å². The molecule has 1 amide bonds. The first-order valence-electron chi connectivity index (χ1n) is 12.5. The molecule has 2 aliphatic carbocycles. The molecule has 6 heteroatoms. The molecule has 0 N–H and O–H groups in total. The van der Waals surface area contributed by atoms with Gasteiger partial charge in [-0.1, -0.05) is 44.6 Å². The molecule has 0 aromatic heterocycles. The normalized spacial score (nSPS) is 23.5. The summed E-state index contributed by atoms with van der Waals surface area (Å²) >= 11 is 5.35. The van der Waals surface area contributed by atoms with Gasteiger partial charge in [0, 0.05) is 23.6 Å². The van der Waals surface area contributed by atoms with Crippen LogP contribution in [-0.4, -0.2) is 41.1 Å². The first-order valence-corrected chi connectivity index (χ1v) is 14.1. The summed E-state index contributed by atoms with van der Waals surface area (Å²) in [5.74, 6) is 0.153. The van der Waals surface area contributed by atoms with Crippen molar-refractivity contribution in [2.24, 2.45) is 4.99 Å². The van der Waals surface area contributed by atoms with Crippen LogP contribution >= 0.6 is 27.7 Å². The second-order valence-electron chi connectivity index (χ2n) is 9.16. The largest absolute Gasteiger partial charge is 0.371 e. The van der Waals surface area contributed by atoms with Crippen LogP contribution < -0.4 is 4.90 Å². The van der Waals surface area contributed by atoms with Crippen molar-refractivity contribution in [2.45, 2.75) is 90.1 Å². The van der Waals surface area contributed by atoms with Crippen molar-refractivity contribution in [1.82, 2.24) is 4.90 Å². The number of halogens is 1. The number of benzene rings is 1. The van der Waals surface area contributed by atoms with Crippen LogP contribution in [0.5, 0.6) is 0 Å². The van der Waals surface area contributed by atoms with Crippen molar-refractivity contribution < 1.29 is 4.79 Å². The number of hydrogen-bond donors (Lipinski definition) is 0. The second-order valence-corrected chi connectivity index (χ2v) is 11.0. The summed E-state index contributed by atoms with van der Waals surface area (Å²) in [6.45, 7) is 6.29. The average molecular weight is 519 g/mol. The van der Waals surface area contributed by atoms with E-state index >= 15 is 0 Å². The number of amides is 1. The van der Waals surface area contributed by atoms with E-state index in [-0.39, 0.29) is 5.91 Å². The Morgan fingerprint density at radius 1 is 1.06 bits per heavy atom. The highest BCUT2D eigenvalue weighted by molar-refractivity contribution is 9.10. The van der Waals surface area contributed by atoms with Crippen molar-refractivity contribution in [3.05, 3.63) is 33.1 Å². The lowest BCUT2D eigenvalue weighted by molar-refractivity contribution is -0.124. The number of anilines is 1. The molecule has 174 valence electrons. The number of amidine groups is 1. The highest BCUT2D eigenvalue weighted by Crippen LogP contribution is 2.39. The molecule has 0 radical (unpaired) electrons. The van der Waals surface area contributed by atoms with Gasteiger partial charge in [0.1, 0.15) is 0 Å². The fraction of sp³-hybridized carbons (Fsp3) is 0.615. The molecule has 1 aromatic carbocycles. The summed E-state index contributed by atoms with van der Waals surface area (Å²) in [6, 6.07) is 7.11. The van der Waals surface area contributed by atoms with Crippen molar-refractivity contribution in [3.8, 4) is 0 Å². The van der Waals surface area contributed by atoms with Crippen LogP contribution in [0.1, 0.15) is 83.6 Å². The molecule has 0 spiro atoms. The first kappa shape index (κ1) is 23.9. The lowest BCUT2D eigenvalue weighted by Gasteiger charge is -2.31. The van der Waals surface area contributed by atoms with Crippen molar-refractivity contribution in [1.29, 1.82) is 0 Å². The van der Waals surface area contributed by atoms with Crippen LogP contribution in [0.3, 0.4) is 0 Å². The SMILES string of the molecule is CCN(CC)c1ccc(C=C2SC(=NC3CCCCC3)N(C3CCCCC3)C2=O)cc1Br. The van der Waals surface area contributed by atoms with E-state index in [4.69, 9.17) is 4.99 Å². The third-order valence-corrected chi connectivity index (χ3v) is 8.65. The predicted molar refractivity (Wildman–Crippen MR) is 141 cm³/mol. The van der Waals surface area contributed by atoms with E-state index < -0.39 is 0 Å². The predicted octanol–water partition coefficient (Wildman–Crippen LogP) is 7.23. The highest BCUT2D eigenvalue weighted by atomic mass is 79.9. The summed E-state index contributed by atoms with van der Waals surface area (Å²) in [4.78, 5) is 23.9. The lowest BCUT2D eigenvalue weighted by Crippen LogP contribution is -2.41. The number of nitrogens with zero attached hydrogens (tertiary/aromatic N) is 3. The topological polar surface area (TPSA) is 35.9 Å². The summed E-state index contributed by atoms with van der Waals surface area (Å²) in [5.41, 5.74) is 2.26. The molecular weight excluding hydrogens is 482 g/mol. The average Bonchev–Trinajstić information content (AvgIpc) is 3.11. The van der Waals surface area contributed by atoms with Gasteiger partial charge in [-0.2, -0.15) is 0 Å². The number of carbonyl (C=O) groups is 1. The van der Waals surface area contributed by atoms with Crippen LogP contribution in [0.15, 0.2) is 32.6 Å². The highest BCUT2D eigenvalue weighted by Gasteiger charge is 2.39. The smallest absolute Gasteiger partial charge is 0.266 e. The van der Waals surface area contributed by atoms with E-state index in [1.807, 2.05) is 0 Å². The zero-order valence-corrected chi connectivity index (χ0v) is 21.9. The van der Waals surface area contributed by atoms with Gasteiger partial charge in [0.05, 0.1) is 16.6 Å². The molecule has 0 unspecified atom stereocenters. The molecule has 1 aromatic rings. The summed E-state index contributed by atoms with van der Waals surface area (Å²) in [5, 5.41) is 0.957. The fourth-order valence-corrected chi connectivity index (χ4v) is 6.95. The molecule has 1 heterocycles. The number of thioether (sulfide) groups is 1. The van der Waals surface area contributed by atoms with Crippen molar-refractivity contribution in [3.63, 3.8) is 0 Å². The zero-order valence-electron chi connectivity index (χ0n) is 19.5. The van der Waals surface area contributed by atoms with Crippen LogP contribution in [0.2, 0.25) is 0 Å². The van der Waals surface area contributed by atoms with E-state index in [1.165, 1.54) is 44.2 Å². The van der Waals surface area contributed by atoms with E-state index in [2.05, 4.69) is 63.9 Å². The van der Waals surface area contributed by atoms with E-state index in [1.54, 1.807) is 11.8 Å².